The standard InChI is InChI=1S/C12H15N3O2/c1-15-5-4-13-12-10(8-15)6-9(7-14-12)2-3-11(16)17/h2-3,6-7H,4-5,8H2,1H3,(H,13,14)(H,16,17). The Morgan fingerprint density at radius 2 is 2.47 bits per heavy atom. The first kappa shape index (κ1) is 11.6. The van der Waals surface area contributed by atoms with Gasteiger partial charge in [0.1, 0.15) is 5.82 Å². The van der Waals surface area contributed by atoms with Crippen molar-refractivity contribution in [2.24, 2.45) is 0 Å². The van der Waals surface area contributed by atoms with Crippen molar-refractivity contribution in [3.8, 4) is 0 Å². The number of nitrogens with zero attached hydrogens (tertiary/aromatic N) is 2. The molecule has 0 atom stereocenters. The molecule has 0 aromatic carbocycles. The smallest absolute Gasteiger partial charge is 0.328 e. The van der Waals surface area contributed by atoms with Gasteiger partial charge >= 0.3 is 5.97 Å². The Balaban J connectivity index is 2.26. The van der Waals surface area contributed by atoms with Crippen molar-refractivity contribution in [3.05, 3.63) is 29.5 Å². The monoisotopic (exact) mass is 233 g/mol. The van der Waals surface area contributed by atoms with Gasteiger partial charge in [-0.2, -0.15) is 0 Å². The highest BCUT2D eigenvalue weighted by Crippen LogP contribution is 2.18. The van der Waals surface area contributed by atoms with Crippen molar-refractivity contribution in [2.75, 3.05) is 25.5 Å². The highest BCUT2D eigenvalue weighted by Gasteiger charge is 2.11. The van der Waals surface area contributed by atoms with Crippen LogP contribution >= 0.6 is 0 Å². The van der Waals surface area contributed by atoms with Gasteiger partial charge in [-0.1, -0.05) is 0 Å². The maximum Gasteiger partial charge on any atom is 0.328 e. The number of rotatable bonds is 2. The largest absolute Gasteiger partial charge is 0.478 e. The summed E-state index contributed by atoms with van der Waals surface area (Å²) < 4.78 is 0. The molecule has 0 bridgehead atoms. The van der Waals surface area contributed by atoms with Crippen LogP contribution in [0.25, 0.3) is 6.08 Å². The zero-order valence-electron chi connectivity index (χ0n) is 9.68. The summed E-state index contributed by atoms with van der Waals surface area (Å²) in [4.78, 5) is 16.9. The summed E-state index contributed by atoms with van der Waals surface area (Å²) >= 11 is 0. The molecule has 0 fully saturated rings. The van der Waals surface area contributed by atoms with E-state index in [2.05, 4.69) is 22.2 Å². The van der Waals surface area contributed by atoms with Gasteiger partial charge in [0, 0.05) is 37.5 Å². The molecule has 2 heterocycles. The molecule has 2 rings (SSSR count). The van der Waals surface area contributed by atoms with Gasteiger partial charge in [-0.25, -0.2) is 9.78 Å². The molecule has 0 amide bonds. The van der Waals surface area contributed by atoms with E-state index in [1.165, 1.54) is 0 Å². The van der Waals surface area contributed by atoms with Crippen LogP contribution in [-0.4, -0.2) is 41.1 Å². The third-order valence-corrected chi connectivity index (χ3v) is 2.63. The SMILES string of the molecule is CN1CCNc2ncc(C=CC(=O)O)cc2C1. The average molecular weight is 233 g/mol. The van der Waals surface area contributed by atoms with Gasteiger partial charge in [-0.15, -0.1) is 0 Å². The van der Waals surface area contributed by atoms with Crippen LogP contribution in [0.1, 0.15) is 11.1 Å². The molecule has 0 saturated heterocycles. The van der Waals surface area contributed by atoms with Crippen molar-refractivity contribution in [3.63, 3.8) is 0 Å². The maximum atomic E-state index is 10.4. The number of carboxylic acid groups (broad SMARTS) is 1. The van der Waals surface area contributed by atoms with Crippen LogP contribution in [0.5, 0.6) is 0 Å². The summed E-state index contributed by atoms with van der Waals surface area (Å²) in [6.45, 7) is 2.67. The fourth-order valence-electron chi connectivity index (χ4n) is 1.80. The first-order chi connectivity index (χ1) is 8.15. The number of carbonyl (C=O) groups is 1. The minimum atomic E-state index is -0.949. The van der Waals surface area contributed by atoms with Crippen LogP contribution < -0.4 is 5.32 Å². The molecule has 1 aliphatic heterocycles. The Morgan fingerprint density at radius 1 is 1.65 bits per heavy atom. The number of pyridine rings is 1. The molecule has 0 spiro atoms. The van der Waals surface area contributed by atoms with Crippen LogP contribution in [0.4, 0.5) is 5.82 Å². The third-order valence-electron chi connectivity index (χ3n) is 2.63. The molecule has 1 aromatic rings. The van der Waals surface area contributed by atoms with Crippen LogP contribution in [0.2, 0.25) is 0 Å². The lowest BCUT2D eigenvalue weighted by Gasteiger charge is -2.12. The second-order valence-corrected chi connectivity index (χ2v) is 4.11. The highest BCUT2D eigenvalue weighted by atomic mass is 16.4. The van der Waals surface area contributed by atoms with Gasteiger partial charge in [-0.05, 0) is 24.8 Å². The Labute approximate surface area is 99.8 Å². The minimum Gasteiger partial charge on any atom is -0.478 e. The van der Waals surface area contributed by atoms with Crippen molar-refractivity contribution < 1.29 is 9.90 Å². The molecular weight excluding hydrogens is 218 g/mol. The van der Waals surface area contributed by atoms with Crippen molar-refractivity contribution in [1.82, 2.24) is 9.88 Å². The maximum absolute atomic E-state index is 10.4. The molecular formula is C12H15N3O2. The first-order valence-electron chi connectivity index (χ1n) is 5.47. The number of hydrogen-bond donors (Lipinski definition) is 2. The van der Waals surface area contributed by atoms with Crippen LogP contribution in [0.3, 0.4) is 0 Å². The van der Waals surface area contributed by atoms with Gasteiger partial charge in [0.15, 0.2) is 0 Å². The van der Waals surface area contributed by atoms with E-state index in [0.29, 0.717) is 0 Å². The van der Waals surface area contributed by atoms with E-state index in [0.717, 1.165) is 42.7 Å². The number of aliphatic carboxylic acids is 1. The lowest BCUT2D eigenvalue weighted by atomic mass is 10.1. The fourth-order valence-corrected chi connectivity index (χ4v) is 1.80. The van der Waals surface area contributed by atoms with Crippen LogP contribution in [0, 0.1) is 0 Å². The molecule has 1 aliphatic rings. The van der Waals surface area contributed by atoms with E-state index in [1.54, 1.807) is 12.3 Å². The number of fused-ring (bicyclic) bond motifs is 1. The zero-order chi connectivity index (χ0) is 12.3. The van der Waals surface area contributed by atoms with Crippen molar-refractivity contribution >= 4 is 17.9 Å². The number of aromatic nitrogens is 1. The van der Waals surface area contributed by atoms with E-state index < -0.39 is 5.97 Å². The number of hydrogen-bond acceptors (Lipinski definition) is 4. The van der Waals surface area contributed by atoms with Gasteiger partial charge in [0.05, 0.1) is 0 Å². The quantitative estimate of drug-likeness (QED) is 0.747. The summed E-state index contributed by atoms with van der Waals surface area (Å²) in [7, 11) is 2.05. The normalized spacial score (nSPS) is 16.3. The summed E-state index contributed by atoms with van der Waals surface area (Å²) in [5, 5.41) is 11.8. The first-order valence-corrected chi connectivity index (χ1v) is 5.47. The highest BCUT2D eigenvalue weighted by molar-refractivity contribution is 5.85. The molecule has 0 saturated carbocycles. The van der Waals surface area contributed by atoms with E-state index in [-0.39, 0.29) is 0 Å². The van der Waals surface area contributed by atoms with Gasteiger partial charge in [0.2, 0.25) is 0 Å². The second-order valence-electron chi connectivity index (χ2n) is 4.11. The number of likely N-dealkylation sites (N-methyl/N-ethyl adjacent to an activating group) is 1. The van der Waals surface area contributed by atoms with Crippen LogP contribution in [0.15, 0.2) is 18.3 Å². The zero-order valence-corrected chi connectivity index (χ0v) is 9.68. The third kappa shape index (κ3) is 3.04. The number of carboxylic acids is 1. The van der Waals surface area contributed by atoms with Crippen molar-refractivity contribution in [2.45, 2.75) is 6.54 Å². The molecule has 5 heteroatoms. The molecule has 0 unspecified atom stereocenters. The summed E-state index contributed by atoms with van der Waals surface area (Å²) in [5.41, 5.74) is 1.90. The van der Waals surface area contributed by atoms with E-state index in [9.17, 15) is 4.79 Å². The molecule has 1 aromatic heterocycles. The lowest BCUT2D eigenvalue weighted by Crippen LogP contribution is -2.20. The predicted molar refractivity (Wildman–Crippen MR) is 65.7 cm³/mol. The van der Waals surface area contributed by atoms with E-state index in [1.807, 2.05) is 6.07 Å². The summed E-state index contributed by atoms with van der Waals surface area (Å²) in [5.74, 6) is -0.0583. The van der Waals surface area contributed by atoms with E-state index >= 15 is 0 Å². The predicted octanol–water partition coefficient (Wildman–Crippen LogP) is 1.04. The number of anilines is 1. The van der Waals surface area contributed by atoms with Gasteiger partial charge < -0.3 is 15.3 Å². The topological polar surface area (TPSA) is 65.5 Å². The van der Waals surface area contributed by atoms with Crippen molar-refractivity contribution in [1.29, 1.82) is 0 Å². The molecule has 0 radical (unpaired) electrons. The summed E-state index contributed by atoms with van der Waals surface area (Å²) in [6, 6.07) is 1.97. The van der Waals surface area contributed by atoms with Gasteiger partial charge in [0.25, 0.3) is 0 Å². The average Bonchev–Trinajstić information content (AvgIpc) is 2.46. The summed E-state index contributed by atoms with van der Waals surface area (Å²) in [6.07, 6.45) is 4.36. The van der Waals surface area contributed by atoms with Crippen LogP contribution in [-0.2, 0) is 11.3 Å². The molecule has 90 valence electrons. The Kier molecular flexibility index (Phi) is 3.39. The molecule has 0 aliphatic carbocycles. The molecule has 17 heavy (non-hydrogen) atoms. The fraction of sp³-hybridized carbons (Fsp3) is 0.333. The van der Waals surface area contributed by atoms with E-state index in [4.69, 9.17) is 5.11 Å². The lowest BCUT2D eigenvalue weighted by molar-refractivity contribution is -0.131. The Hall–Kier alpha value is -1.88. The Morgan fingerprint density at radius 3 is 3.24 bits per heavy atom. The van der Waals surface area contributed by atoms with Gasteiger partial charge in [-0.3, -0.25) is 0 Å². The molecule has 5 nitrogen and oxygen atoms in total. The number of nitrogens with one attached hydrogen (secondary N) is 1. The Bertz CT molecular complexity index is 457. The second kappa shape index (κ2) is 4.97. The molecule has 2 N–H and O–H groups in total. The minimum absolute atomic E-state index is 0.809.